The van der Waals surface area contributed by atoms with E-state index in [-0.39, 0.29) is 18.9 Å². The summed E-state index contributed by atoms with van der Waals surface area (Å²) in [7, 11) is 0. The van der Waals surface area contributed by atoms with Crippen molar-refractivity contribution in [2.75, 3.05) is 18.0 Å². The van der Waals surface area contributed by atoms with Gasteiger partial charge in [-0.3, -0.25) is 4.79 Å². The molecule has 0 aliphatic carbocycles. The van der Waals surface area contributed by atoms with E-state index in [4.69, 9.17) is 6.42 Å². The Balaban J connectivity index is 1.52. The first-order chi connectivity index (χ1) is 12.5. The highest BCUT2D eigenvalue weighted by atomic mass is 16.4. The smallest absolute Gasteiger partial charge is 0.328 e. The average molecular weight is 354 g/mol. The van der Waals surface area contributed by atoms with Gasteiger partial charge in [-0.25, -0.2) is 4.79 Å². The third-order valence-corrected chi connectivity index (χ3v) is 4.82. The summed E-state index contributed by atoms with van der Waals surface area (Å²) >= 11 is 0. The van der Waals surface area contributed by atoms with E-state index in [0.29, 0.717) is 19.3 Å². The van der Waals surface area contributed by atoms with E-state index in [1.807, 2.05) is 29.2 Å². The van der Waals surface area contributed by atoms with Crippen LogP contribution in [0.3, 0.4) is 0 Å². The van der Waals surface area contributed by atoms with Crippen LogP contribution in [0.4, 0.5) is 5.69 Å². The van der Waals surface area contributed by atoms with Gasteiger partial charge >= 0.3 is 5.97 Å². The molecule has 0 aromatic heterocycles. The number of fused-ring (bicyclic) bond motifs is 1. The number of terminal acetylenes is 1. The summed E-state index contributed by atoms with van der Waals surface area (Å²) in [4.78, 5) is 25.8. The molecular weight excluding hydrogens is 332 g/mol. The number of hydrogen-bond donors (Lipinski definition) is 2. The maximum Gasteiger partial charge on any atom is 0.328 e. The van der Waals surface area contributed by atoms with Crippen LogP contribution in [0.15, 0.2) is 34.5 Å². The zero-order valence-corrected chi connectivity index (χ0v) is 14.5. The predicted octanol–water partition coefficient (Wildman–Crippen LogP) is 1.97. The quantitative estimate of drug-likeness (QED) is 0.663. The summed E-state index contributed by atoms with van der Waals surface area (Å²) in [5.41, 5.74) is 1.71. The molecule has 2 heterocycles. The van der Waals surface area contributed by atoms with E-state index in [2.05, 4.69) is 21.5 Å². The van der Waals surface area contributed by atoms with Gasteiger partial charge in [0.05, 0.1) is 0 Å². The second kappa shape index (κ2) is 7.56. The van der Waals surface area contributed by atoms with Crippen LogP contribution in [-0.2, 0) is 16.0 Å². The number of anilines is 1. The van der Waals surface area contributed by atoms with Gasteiger partial charge in [0.1, 0.15) is 6.04 Å². The molecule has 2 aliphatic heterocycles. The lowest BCUT2D eigenvalue weighted by Gasteiger charge is -2.24. The predicted molar refractivity (Wildman–Crippen MR) is 96.8 cm³/mol. The number of rotatable bonds is 9. The van der Waals surface area contributed by atoms with Gasteiger partial charge in [0.2, 0.25) is 5.91 Å². The number of nitrogens with one attached hydrogen (secondary N) is 1. The molecule has 1 amide bonds. The fraction of sp³-hybridized carbons (Fsp3) is 0.474. The van der Waals surface area contributed by atoms with E-state index < -0.39 is 17.7 Å². The van der Waals surface area contributed by atoms with Crippen molar-refractivity contribution < 1.29 is 14.7 Å². The SMILES string of the molecule is C#CCCC1(CCC(=O)NC(CN2CCc3ccccc32)C(=O)O)N=N1. The van der Waals surface area contributed by atoms with Gasteiger partial charge in [-0.15, -0.1) is 12.3 Å². The first-order valence-corrected chi connectivity index (χ1v) is 8.75. The summed E-state index contributed by atoms with van der Waals surface area (Å²) in [5, 5.41) is 20.1. The van der Waals surface area contributed by atoms with Crippen molar-refractivity contribution in [1.82, 2.24) is 5.32 Å². The molecule has 136 valence electrons. The minimum absolute atomic E-state index is 0.179. The number of benzene rings is 1. The second-order valence-corrected chi connectivity index (χ2v) is 6.67. The second-order valence-electron chi connectivity index (χ2n) is 6.67. The summed E-state index contributed by atoms with van der Waals surface area (Å²) in [6.07, 6.45) is 7.96. The van der Waals surface area contributed by atoms with E-state index >= 15 is 0 Å². The molecule has 7 heteroatoms. The first-order valence-electron chi connectivity index (χ1n) is 8.75. The van der Waals surface area contributed by atoms with Crippen molar-refractivity contribution in [3.63, 3.8) is 0 Å². The lowest BCUT2D eigenvalue weighted by molar-refractivity contribution is -0.141. The normalized spacial score (nSPS) is 17.3. The Hall–Kier alpha value is -2.88. The molecule has 0 saturated heterocycles. The molecule has 26 heavy (non-hydrogen) atoms. The average Bonchev–Trinajstić information content (AvgIpc) is 3.30. The number of hydrogen-bond acceptors (Lipinski definition) is 5. The Labute approximate surface area is 152 Å². The number of amides is 1. The third kappa shape index (κ3) is 4.20. The highest BCUT2D eigenvalue weighted by molar-refractivity contribution is 5.84. The number of carboxylic acid groups (broad SMARTS) is 1. The molecule has 0 saturated carbocycles. The molecule has 7 nitrogen and oxygen atoms in total. The van der Waals surface area contributed by atoms with Crippen LogP contribution in [0.25, 0.3) is 0 Å². The number of aliphatic carboxylic acids is 1. The Kier molecular flexibility index (Phi) is 5.21. The minimum atomic E-state index is -1.04. The molecule has 0 fully saturated rings. The van der Waals surface area contributed by atoms with Gasteiger partial charge in [-0.2, -0.15) is 10.2 Å². The van der Waals surface area contributed by atoms with Crippen LogP contribution in [0, 0.1) is 12.3 Å². The van der Waals surface area contributed by atoms with Crippen molar-refractivity contribution in [2.45, 2.75) is 43.8 Å². The van der Waals surface area contributed by atoms with Gasteiger partial charge in [0.15, 0.2) is 5.66 Å². The highest BCUT2D eigenvalue weighted by Crippen LogP contribution is 2.37. The Morgan fingerprint density at radius 1 is 1.35 bits per heavy atom. The lowest BCUT2D eigenvalue weighted by Crippen LogP contribution is -2.48. The lowest BCUT2D eigenvalue weighted by atomic mass is 10.0. The zero-order valence-electron chi connectivity index (χ0n) is 14.5. The number of carboxylic acids is 1. The van der Waals surface area contributed by atoms with Crippen molar-refractivity contribution in [2.24, 2.45) is 10.2 Å². The standard InChI is InChI=1S/C19H22N4O3/c1-2-3-10-19(21-22-19)11-8-17(24)20-15(18(25)26)13-23-12-9-14-6-4-5-7-16(14)23/h1,4-7,15H,3,8-13H2,(H,20,24)(H,25,26). The van der Waals surface area contributed by atoms with Gasteiger partial charge in [0.25, 0.3) is 0 Å². The zero-order chi connectivity index (χ0) is 18.6. The van der Waals surface area contributed by atoms with Crippen molar-refractivity contribution in [3.05, 3.63) is 29.8 Å². The Bertz CT molecular complexity index is 762. The van der Waals surface area contributed by atoms with Gasteiger partial charge < -0.3 is 15.3 Å². The summed E-state index contributed by atoms with van der Waals surface area (Å²) in [5.74, 6) is 1.20. The van der Waals surface area contributed by atoms with Gasteiger partial charge in [-0.1, -0.05) is 18.2 Å². The molecule has 3 rings (SSSR count). The van der Waals surface area contributed by atoms with Crippen LogP contribution < -0.4 is 10.2 Å². The Morgan fingerprint density at radius 2 is 2.12 bits per heavy atom. The highest BCUT2D eigenvalue weighted by Gasteiger charge is 2.39. The van der Waals surface area contributed by atoms with Crippen LogP contribution in [-0.4, -0.2) is 41.8 Å². The molecule has 0 bridgehead atoms. The van der Waals surface area contributed by atoms with Gasteiger partial charge in [0, 0.05) is 44.5 Å². The summed E-state index contributed by atoms with van der Waals surface area (Å²) in [6.45, 7) is 1.00. The molecule has 0 radical (unpaired) electrons. The maximum atomic E-state index is 12.2. The molecule has 2 aliphatic rings. The maximum absolute atomic E-state index is 12.2. The van der Waals surface area contributed by atoms with Crippen LogP contribution in [0.1, 0.15) is 31.2 Å². The molecule has 1 unspecified atom stereocenters. The Morgan fingerprint density at radius 3 is 2.81 bits per heavy atom. The molecule has 1 aromatic rings. The molecule has 1 aromatic carbocycles. The first kappa shape index (κ1) is 17.9. The van der Waals surface area contributed by atoms with E-state index in [1.54, 1.807) is 0 Å². The molecule has 1 atom stereocenters. The largest absolute Gasteiger partial charge is 0.480 e. The van der Waals surface area contributed by atoms with E-state index in [9.17, 15) is 14.7 Å². The monoisotopic (exact) mass is 354 g/mol. The summed E-state index contributed by atoms with van der Waals surface area (Å²) < 4.78 is 0. The van der Waals surface area contributed by atoms with Crippen molar-refractivity contribution in [1.29, 1.82) is 0 Å². The number of carbonyl (C=O) groups is 2. The van der Waals surface area contributed by atoms with Crippen molar-refractivity contribution in [3.8, 4) is 12.3 Å². The fourth-order valence-corrected chi connectivity index (χ4v) is 3.25. The topological polar surface area (TPSA) is 94.4 Å². The molecule has 2 N–H and O–H groups in total. The number of carbonyl (C=O) groups excluding carboxylic acids is 1. The molecular formula is C19H22N4O3. The van der Waals surface area contributed by atoms with Crippen LogP contribution >= 0.6 is 0 Å². The van der Waals surface area contributed by atoms with Crippen LogP contribution in [0.5, 0.6) is 0 Å². The fourth-order valence-electron chi connectivity index (χ4n) is 3.25. The van der Waals surface area contributed by atoms with E-state index in [0.717, 1.165) is 18.7 Å². The third-order valence-electron chi connectivity index (χ3n) is 4.82. The van der Waals surface area contributed by atoms with Crippen LogP contribution in [0.2, 0.25) is 0 Å². The number of nitrogens with zero attached hydrogens (tertiary/aromatic N) is 3. The van der Waals surface area contributed by atoms with E-state index in [1.165, 1.54) is 5.56 Å². The minimum Gasteiger partial charge on any atom is -0.480 e. The van der Waals surface area contributed by atoms with Crippen molar-refractivity contribution >= 4 is 17.6 Å². The summed E-state index contributed by atoms with van der Waals surface area (Å²) in [6, 6.07) is 6.98. The van der Waals surface area contributed by atoms with Gasteiger partial charge in [-0.05, 0) is 18.1 Å². The molecule has 0 spiro atoms. The number of para-hydroxylation sites is 1.